The van der Waals surface area contributed by atoms with Crippen molar-refractivity contribution in [3.8, 4) is 0 Å². The largest absolute Gasteiger partial charge is 0.481 e. The van der Waals surface area contributed by atoms with Gasteiger partial charge in [-0.3, -0.25) is 4.79 Å². The van der Waals surface area contributed by atoms with Crippen molar-refractivity contribution in [2.45, 2.75) is 44.3 Å². The van der Waals surface area contributed by atoms with Crippen molar-refractivity contribution in [2.24, 2.45) is 5.92 Å². The van der Waals surface area contributed by atoms with Gasteiger partial charge < -0.3 is 9.67 Å². The minimum Gasteiger partial charge on any atom is -0.481 e. The number of imidazole rings is 1. The van der Waals surface area contributed by atoms with Gasteiger partial charge >= 0.3 is 5.97 Å². The first-order valence-corrected chi connectivity index (χ1v) is 8.30. The topological polar surface area (TPSA) is 68.0 Å². The van der Waals surface area contributed by atoms with Gasteiger partial charge in [0.2, 0.25) is 0 Å². The highest BCUT2D eigenvalue weighted by atomic mass is 32.2. The van der Waals surface area contributed by atoms with Crippen LogP contribution in [0.15, 0.2) is 17.4 Å². The fourth-order valence-corrected chi connectivity index (χ4v) is 3.39. The molecule has 0 spiro atoms. The fraction of sp³-hybridized carbons (Fsp3) is 0.533. The summed E-state index contributed by atoms with van der Waals surface area (Å²) in [5.41, 5.74) is 2.85. The van der Waals surface area contributed by atoms with Crippen LogP contribution in [0, 0.1) is 12.8 Å². The van der Waals surface area contributed by atoms with Gasteiger partial charge in [-0.25, -0.2) is 9.97 Å². The Hall–Kier alpha value is -1.56. The second-order valence-corrected chi connectivity index (χ2v) is 6.56. The van der Waals surface area contributed by atoms with E-state index in [1.54, 1.807) is 6.20 Å². The zero-order chi connectivity index (χ0) is 14.8. The summed E-state index contributed by atoms with van der Waals surface area (Å²) in [5.74, 6) is 0.0260. The van der Waals surface area contributed by atoms with Gasteiger partial charge in [0.25, 0.3) is 0 Å². The van der Waals surface area contributed by atoms with Crippen molar-refractivity contribution >= 4 is 28.9 Å². The first-order chi connectivity index (χ1) is 10.1. The molecule has 0 saturated heterocycles. The third-order valence-electron chi connectivity index (χ3n) is 4.11. The molecule has 0 aliphatic heterocycles. The number of aliphatic carboxylic acids is 1. The molecule has 5 nitrogen and oxygen atoms in total. The summed E-state index contributed by atoms with van der Waals surface area (Å²) < 4.78 is 2.09. The molecule has 1 N–H and O–H groups in total. The normalized spacial score (nSPS) is 15.3. The molecule has 0 amide bonds. The number of fused-ring (bicyclic) bond motifs is 1. The summed E-state index contributed by atoms with van der Waals surface area (Å²) in [6.45, 7) is 2.89. The van der Waals surface area contributed by atoms with Crippen LogP contribution >= 0.6 is 11.8 Å². The molecule has 1 aliphatic rings. The lowest BCUT2D eigenvalue weighted by Gasteiger charge is -2.25. The number of thioether (sulfide) groups is 1. The molecule has 0 radical (unpaired) electrons. The number of pyridine rings is 1. The van der Waals surface area contributed by atoms with Crippen LogP contribution in [0.2, 0.25) is 0 Å². The standard InChI is InChI=1S/C15H19N3O2S/c1-10-5-7-16-14-13(10)17-15(21-9-12(19)20)18(14)8-6-11-3-2-4-11/h5,7,11H,2-4,6,8-9H2,1H3,(H,19,20). The molecular weight excluding hydrogens is 286 g/mol. The minimum atomic E-state index is -0.817. The van der Waals surface area contributed by atoms with Crippen LogP contribution in [0.5, 0.6) is 0 Å². The Labute approximate surface area is 127 Å². The number of carboxylic acids is 1. The molecule has 0 unspecified atom stereocenters. The van der Waals surface area contributed by atoms with Gasteiger partial charge in [0.15, 0.2) is 10.8 Å². The highest BCUT2D eigenvalue weighted by molar-refractivity contribution is 7.99. The summed E-state index contributed by atoms with van der Waals surface area (Å²) in [6.07, 6.45) is 6.90. The molecular formula is C15H19N3O2S. The van der Waals surface area contributed by atoms with Gasteiger partial charge in [0.05, 0.1) is 5.75 Å². The van der Waals surface area contributed by atoms with Crippen molar-refractivity contribution < 1.29 is 9.90 Å². The second kappa shape index (κ2) is 6.05. The Morgan fingerprint density at radius 3 is 3.00 bits per heavy atom. The zero-order valence-electron chi connectivity index (χ0n) is 12.1. The van der Waals surface area contributed by atoms with Crippen LogP contribution in [-0.4, -0.2) is 31.4 Å². The molecule has 0 bridgehead atoms. The highest BCUT2D eigenvalue weighted by Gasteiger charge is 2.20. The van der Waals surface area contributed by atoms with Crippen LogP contribution in [0.25, 0.3) is 11.2 Å². The number of rotatable bonds is 6. The van der Waals surface area contributed by atoms with E-state index < -0.39 is 5.97 Å². The van der Waals surface area contributed by atoms with Crippen LogP contribution in [0.3, 0.4) is 0 Å². The molecule has 0 atom stereocenters. The summed E-state index contributed by atoms with van der Waals surface area (Å²) in [5, 5.41) is 9.66. The molecule has 0 aromatic carbocycles. The molecule has 112 valence electrons. The van der Waals surface area contributed by atoms with E-state index in [1.165, 1.54) is 31.0 Å². The predicted octanol–water partition coefficient (Wildman–Crippen LogP) is 3.11. The van der Waals surface area contributed by atoms with E-state index in [9.17, 15) is 4.79 Å². The zero-order valence-corrected chi connectivity index (χ0v) is 12.9. The average Bonchev–Trinajstić information content (AvgIpc) is 2.74. The molecule has 6 heteroatoms. The molecule has 2 heterocycles. The lowest BCUT2D eigenvalue weighted by atomic mass is 9.83. The van der Waals surface area contributed by atoms with Crippen molar-refractivity contribution in [2.75, 3.05) is 5.75 Å². The van der Waals surface area contributed by atoms with Crippen molar-refractivity contribution in [1.82, 2.24) is 14.5 Å². The van der Waals surface area contributed by atoms with Gasteiger partial charge in [-0.1, -0.05) is 31.0 Å². The summed E-state index contributed by atoms with van der Waals surface area (Å²) >= 11 is 1.28. The number of carboxylic acid groups (broad SMARTS) is 1. The van der Waals surface area contributed by atoms with Gasteiger partial charge in [-0.05, 0) is 30.9 Å². The molecule has 3 rings (SSSR count). The average molecular weight is 305 g/mol. The predicted molar refractivity (Wildman–Crippen MR) is 82.6 cm³/mol. The van der Waals surface area contributed by atoms with E-state index >= 15 is 0 Å². The maximum atomic E-state index is 10.8. The Balaban J connectivity index is 1.89. The first-order valence-electron chi connectivity index (χ1n) is 7.31. The smallest absolute Gasteiger partial charge is 0.313 e. The molecule has 1 saturated carbocycles. The van der Waals surface area contributed by atoms with Crippen molar-refractivity contribution in [3.05, 3.63) is 17.8 Å². The number of hydrogen-bond donors (Lipinski definition) is 1. The van der Waals surface area contributed by atoms with Gasteiger partial charge in [-0.15, -0.1) is 0 Å². The third kappa shape index (κ3) is 3.05. The van der Waals surface area contributed by atoms with E-state index in [-0.39, 0.29) is 5.75 Å². The van der Waals surface area contributed by atoms with E-state index in [2.05, 4.69) is 14.5 Å². The summed E-state index contributed by atoms with van der Waals surface area (Å²) in [6, 6.07) is 1.94. The van der Waals surface area contributed by atoms with Crippen molar-refractivity contribution in [1.29, 1.82) is 0 Å². The van der Waals surface area contributed by atoms with Crippen LogP contribution in [-0.2, 0) is 11.3 Å². The Morgan fingerprint density at radius 1 is 1.52 bits per heavy atom. The Morgan fingerprint density at radius 2 is 2.33 bits per heavy atom. The number of aryl methyl sites for hydroxylation is 2. The summed E-state index contributed by atoms with van der Waals surface area (Å²) in [7, 11) is 0. The second-order valence-electron chi connectivity index (χ2n) is 5.61. The highest BCUT2D eigenvalue weighted by Crippen LogP contribution is 2.31. The maximum Gasteiger partial charge on any atom is 0.313 e. The van der Waals surface area contributed by atoms with Crippen molar-refractivity contribution in [3.63, 3.8) is 0 Å². The molecule has 2 aromatic rings. The molecule has 1 aliphatic carbocycles. The Kier molecular flexibility index (Phi) is 4.14. The fourth-order valence-electron chi connectivity index (χ4n) is 2.65. The van der Waals surface area contributed by atoms with Crippen LogP contribution < -0.4 is 0 Å². The monoisotopic (exact) mass is 305 g/mol. The van der Waals surface area contributed by atoms with Gasteiger partial charge in [-0.2, -0.15) is 0 Å². The van der Waals surface area contributed by atoms with Crippen LogP contribution in [0.4, 0.5) is 0 Å². The lowest BCUT2D eigenvalue weighted by Crippen LogP contribution is -2.14. The quantitative estimate of drug-likeness (QED) is 0.831. The number of nitrogens with zero attached hydrogens (tertiary/aromatic N) is 3. The Bertz CT molecular complexity index is 664. The first kappa shape index (κ1) is 14.4. The van der Waals surface area contributed by atoms with Gasteiger partial charge in [0.1, 0.15) is 5.52 Å². The molecule has 2 aromatic heterocycles. The lowest BCUT2D eigenvalue weighted by molar-refractivity contribution is -0.133. The van der Waals surface area contributed by atoms with E-state index in [4.69, 9.17) is 5.11 Å². The van der Waals surface area contributed by atoms with E-state index in [0.29, 0.717) is 0 Å². The number of aromatic nitrogens is 3. The minimum absolute atomic E-state index is 0.0335. The molecule has 1 fully saturated rings. The van der Waals surface area contributed by atoms with E-state index in [0.717, 1.165) is 40.8 Å². The van der Waals surface area contributed by atoms with Crippen LogP contribution in [0.1, 0.15) is 31.2 Å². The SMILES string of the molecule is Cc1ccnc2c1nc(SCC(=O)O)n2CCC1CCC1. The molecule has 21 heavy (non-hydrogen) atoms. The summed E-state index contributed by atoms with van der Waals surface area (Å²) in [4.78, 5) is 19.9. The number of hydrogen-bond acceptors (Lipinski definition) is 4. The van der Waals surface area contributed by atoms with Gasteiger partial charge in [0, 0.05) is 12.7 Å². The number of carbonyl (C=O) groups is 1. The third-order valence-corrected chi connectivity index (χ3v) is 5.07. The van der Waals surface area contributed by atoms with E-state index in [1.807, 2.05) is 13.0 Å². The maximum absolute atomic E-state index is 10.8.